The molecule has 1 unspecified atom stereocenters. The zero-order chi connectivity index (χ0) is 20.4. The minimum Gasteiger partial charge on any atom is -0.472 e. The van der Waals surface area contributed by atoms with E-state index in [-0.39, 0.29) is 35.0 Å². The number of ether oxygens (including phenoxy) is 3. The van der Waals surface area contributed by atoms with Crippen LogP contribution in [0, 0.1) is 0 Å². The van der Waals surface area contributed by atoms with E-state index in [0.717, 1.165) is 12.3 Å². The lowest BCUT2D eigenvalue weighted by atomic mass is 10.1. The number of anilines is 2. The lowest BCUT2D eigenvalue weighted by Crippen LogP contribution is -2.37. The van der Waals surface area contributed by atoms with Crippen molar-refractivity contribution in [3.8, 4) is 17.1 Å². The normalized spacial score (nSPS) is 20.1. The van der Waals surface area contributed by atoms with E-state index in [2.05, 4.69) is 15.0 Å². The first-order valence-electron chi connectivity index (χ1n) is 9.19. The van der Waals surface area contributed by atoms with Gasteiger partial charge >= 0.3 is 6.18 Å². The summed E-state index contributed by atoms with van der Waals surface area (Å²) in [4.78, 5) is 14.5. The third kappa shape index (κ3) is 4.51. The number of alkyl halides is 3. The highest BCUT2D eigenvalue weighted by Gasteiger charge is 2.35. The lowest BCUT2D eigenvalue weighted by Gasteiger charge is -2.27. The van der Waals surface area contributed by atoms with Gasteiger partial charge in [-0.05, 0) is 6.07 Å². The lowest BCUT2D eigenvalue weighted by molar-refractivity contribution is -0.137. The zero-order valence-electron chi connectivity index (χ0n) is 15.5. The number of halogens is 3. The molecule has 4 rings (SSSR count). The van der Waals surface area contributed by atoms with E-state index in [0.29, 0.717) is 45.9 Å². The summed E-state index contributed by atoms with van der Waals surface area (Å²) in [6, 6.07) is 2.20. The van der Waals surface area contributed by atoms with Crippen LogP contribution in [-0.2, 0) is 15.7 Å². The number of hydrogen-bond donors (Lipinski definition) is 1. The van der Waals surface area contributed by atoms with Gasteiger partial charge in [0, 0.05) is 37.3 Å². The first-order chi connectivity index (χ1) is 13.9. The maximum Gasteiger partial charge on any atom is 0.417 e. The van der Waals surface area contributed by atoms with Gasteiger partial charge in [-0.3, -0.25) is 0 Å². The summed E-state index contributed by atoms with van der Waals surface area (Å²) in [6.07, 6.45) is -3.06. The quantitative estimate of drug-likeness (QED) is 0.818. The van der Waals surface area contributed by atoms with Gasteiger partial charge in [-0.1, -0.05) is 0 Å². The Balaban J connectivity index is 1.77. The van der Waals surface area contributed by atoms with Gasteiger partial charge in [0.2, 0.25) is 11.8 Å². The fraction of sp³-hybridized carbons (Fsp3) is 0.500. The third-order valence-electron chi connectivity index (χ3n) is 4.67. The predicted octanol–water partition coefficient (Wildman–Crippen LogP) is 2.14. The van der Waals surface area contributed by atoms with Crippen LogP contribution in [0.5, 0.6) is 5.88 Å². The molecule has 2 aliphatic heterocycles. The second kappa shape index (κ2) is 7.99. The molecule has 0 spiro atoms. The molecule has 0 bridgehead atoms. The number of nitrogen functional groups attached to an aromatic ring is 1. The van der Waals surface area contributed by atoms with Gasteiger partial charge < -0.3 is 24.8 Å². The van der Waals surface area contributed by atoms with Gasteiger partial charge in [0.1, 0.15) is 11.9 Å². The smallest absolute Gasteiger partial charge is 0.417 e. The summed E-state index contributed by atoms with van der Waals surface area (Å²) in [5.41, 5.74) is 4.45. The van der Waals surface area contributed by atoms with Gasteiger partial charge in [0.25, 0.3) is 0 Å². The second-order valence-corrected chi connectivity index (χ2v) is 6.75. The number of morpholine rings is 1. The van der Waals surface area contributed by atoms with E-state index in [1.165, 1.54) is 6.07 Å². The average Bonchev–Trinajstić information content (AvgIpc) is 3.21. The van der Waals surface area contributed by atoms with Crippen LogP contribution in [0.15, 0.2) is 18.3 Å². The Morgan fingerprint density at radius 3 is 2.59 bits per heavy atom. The molecule has 11 heteroatoms. The van der Waals surface area contributed by atoms with E-state index in [1.807, 2.05) is 4.90 Å². The number of hydrogen-bond acceptors (Lipinski definition) is 8. The molecule has 2 fully saturated rings. The highest BCUT2D eigenvalue weighted by atomic mass is 19.4. The Morgan fingerprint density at radius 1 is 1.10 bits per heavy atom. The first kappa shape index (κ1) is 19.6. The molecule has 0 aromatic carbocycles. The van der Waals surface area contributed by atoms with Crippen LogP contribution < -0.4 is 15.4 Å². The van der Waals surface area contributed by atoms with Gasteiger partial charge in [0.05, 0.1) is 37.7 Å². The molecule has 2 N–H and O–H groups in total. The van der Waals surface area contributed by atoms with Crippen LogP contribution >= 0.6 is 0 Å². The molecule has 2 aliphatic rings. The fourth-order valence-electron chi connectivity index (χ4n) is 3.20. The summed E-state index contributed by atoms with van der Waals surface area (Å²) in [7, 11) is 0. The van der Waals surface area contributed by atoms with Gasteiger partial charge in [-0.15, -0.1) is 0 Å². The predicted molar refractivity (Wildman–Crippen MR) is 97.6 cm³/mol. The second-order valence-electron chi connectivity index (χ2n) is 6.75. The molecule has 8 nitrogen and oxygen atoms in total. The monoisotopic (exact) mass is 411 g/mol. The number of rotatable bonds is 4. The zero-order valence-corrected chi connectivity index (χ0v) is 15.5. The Morgan fingerprint density at radius 2 is 1.90 bits per heavy atom. The van der Waals surface area contributed by atoms with Crippen LogP contribution in [0.3, 0.4) is 0 Å². The largest absolute Gasteiger partial charge is 0.472 e. The molecule has 156 valence electrons. The molecule has 4 heterocycles. The van der Waals surface area contributed by atoms with Crippen LogP contribution in [0.1, 0.15) is 12.0 Å². The maximum atomic E-state index is 13.6. The Hall–Kier alpha value is -2.66. The van der Waals surface area contributed by atoms with E-state index in [4.69, 9.17) is 19.9 Å². The van der Waals surface area contributed by atoms with Crippen molar-refractivity contribution >= 4 is 11.8 Å². The topological polar surface area (TPSA) is 95.6 Å². The minimum absolute atomic E-state index is 0.0650. The summed E-state index contributed by atoms with van der Waals surface area (Å²) >= 11 is 0. The van der Waals surface area contributed by atoms with E-state index >= 15 is 0 Å². The molecular formula is C18H20F3N5O3. The average molecular weight is 411 g/mol. The molecule has 0 amide bonds. The molecule has 0 saturated carbocycles. The fourth-order valence-corrected chi connectivity index (χ4v) is 3.20. The molecule has 2 saturated heterocycles. The van der Waals surface area contributed by atoms with Crippen molar-refractivity contribution in [2.45, 2.75) is 18.7 Å². The van der Waals surface area contributed by atoms with Gasteiger partial charge in [-0.2, -0.15) is 18.2 Å². The summed E-state index contributed by atoms with van der Waals surface area (Å²) in [6.45, 7) is 3.00. The molecule has 1 atom stereocenters. The Bertz CT molecular complexity index is 868. The molecule has 29 heavy (non-hydrogen) atoms. The number of nitrogens with two attached hydrogens (primary N) is 1. The van der Waals surface area contributed by atoms with Crippen molar-refractivity contribution in [3.63, 3.8) is 0 Å². The minimum atomic E-state index is -4.61. The maximum absolute atomic E-state index is 13.6. The number of aromatic nitrogens is 3. The first-order valence-corrected chi connectivity index (χ1v) is 9.19. The molecular weight excluding hydrogens is 391 g/mol. The van der Waals surface area contributed by atoms with Crippen LogP contribution in [-0.4, -0.2) is 60.6 Å². The Labute approximate surface area is 164 Å². The van der Waals surface area contributed by atoms with Crippen molar-refractivity contribution in [2.24, 2.45) is 0 Å². The standard InChI is InChI=1S/C18H20F3N5O3/c19-18(20,21)13-7-15(22)23-9-12(13)14-8-16(29-11-1-4-28-10-11)25-17(24-14)26-2-5-27-6-3-26/h7-9,11H,1-6,10H2,(H2,22,23). The van der Waals surface area contributed by atoms with E-state index < -0.39 is 11.7 Å². The highest BCUT2D eigenvalue weighted by Crippen LogP contribution is 2.38. The summed E-state index contributed by atoms with van der Waals surface area (Å²) in [5, 5.41) is 0. The van der Waals surface area contributed by atoms with E-state index in [9.17, 15) is 13.2 Å². The number of pyridine rings is 1. The number of nitrogens with zero attached hydrogens (tertiary/aromatic N) is 4. The van der Waals surface area contributed by atoms with Gasteiger partial charge in [0.15, 0.2) is 0 Å². The van der Waals surface area contributed by atoms with Crippen molar-refractivity contribution < 1.29 is 27.4 Å². The van der Waals surface area contributed by atoms with E-state index in [1.54, 1.807) is 0 Å². The van der Waals surface area contributed by atoms with Crippen LogP contribution in [0.4, 0.5) is 24.9 Å². The highest BCUT2D eigenvalue weighted by molar-refractivity contribution is 5.67. The molecule has 2 aromatic rings. The molecule has 0 aliphatic carbocycles. The SMILES string of the molecule is Nc1cc(C(F)(F)F)c(-c2cc(OC3CCOC3)nc(N3CCOCC3)n2)cn1. The van der Waals surface area contributed by atoms with Crippen molar-refractivity contribution in [1.82, 2.24) is 15.0 Å². The van der Waals surface area contributed by atoms with Crippen LogP contribution in [0.25, 0.3) is 11.3 Å². The Kier molecular flexibility index (Phi) is 5.41. The summed E-state index contributed by atoms with van der Waals surface area (Å²) < 4.78 is 57.3. The summed E-state index contributed by atoms with van der Waals surface area (Å²) in [5.74, 6) is 0.254. The van der Waals surface area contributed by atoms with Crippen molar-refractivity contribution in [3.05, 3.63) is 23.9 Å². The molecule has 2 aromatic heterocycles. The third-order valence-corrected chi connectivity index (χ3v) is 4.67. The van der Waals surface area contributed by atoms with Gasteiger partial charge in [-0.25, -0.2) is 9.97 Å². The molecule has 0 radical (unpaired) electrons. The van der Waals surface area contributed by atoms with Crippen LogP contribution in [0.2, 0.25) is 0 Å². The van der Waals surface area contributed by atoms with Crippen molar-refractivity contribution in [1.29, 1.82) is 0 Å². The van der Waals surface area contributed by atoms with Crippen molar-refractivity contribution in [2.75, 3.05) is 50.2 Å².